The molecule has 0 aliphatic heterocycles. The van der Waals surface area contributed by atoms with Crippen LogP contribution in [0.4, 0.5) is 5.82 Å². The molecule has 23 heavy (non-hydrogen) atoms. The minimum absolute atomic E-state index is 0.0294. The molecule has 4 heteroatoms. The van der Waals surface area contributed by atoms with Crippen molar-refractivity contribution in [3.8, 4) is 0 Å². The number of nitrogens with zero attached hydrogens (tertiary/aromatic N) is 2. The van der Waals surface area contributed by atoms with E-state index in [1.54, 1.807) is 11.1 Å². The third-order valence-electron chi connectivity index (χ3n) is 3.77. The van der Waals surface area contributed by atoms with Gasteiger partial charge in [0, 0.05) is 26.3 Å². The molecule has 0 aliphatic rings. The Balaban J connectivity index is 1.83. The Hall–Kier alpha value is -2.36. The molecule has 1 N–H and O–H groups in total. The molecule has 4 nitrogen and oxygen atoms in total. The number of anilines is 1. The first-order valence-electron chi connectivity index (χ1n) is 8.20. The van der Waals surface area contributed by atoms with E-state index in [9.17, 15) is 4.79 Å². The molecule has 0 bridgehead atoms. The molecule has 1 aromatic heterocycles. The lowest BCUT2D eigenvalue weighted by Crippen LogP contribution is -2.27. The third kappa shape index (κ3) is 5.40. The molecular formula is C19H25N3O. The van der Waals surface area contributed by atoms with E-state index in [1.807, 2.05) is 37.4 Å². The predicted molar refractivity (Wildman–Crippen MR) is 94.7 cm³/mol. The van der Waals surface area contributed by atoms with Crippen LogP contribution in [0, 0.1) is 0 Å². The average Bonchev–Trinajstić information content (AvgIpc) is 2.60. The summed E-state index contributed by atoms with van der Waals surface area (Å²) in [7, 11) is 1.84. The van der Waals surface area contributed by atoms with Crippen molar-refractivity contribution in [3.05, 3.63) is 59.8 Å². The van der Waals surface area contributed by atoms with Crippen molar-refractivity contribution >= 4 is 11.7 Å². The van der Waals surface area contributed by atoms with Gasteiger partial charge in [-0.3, -0.25) is 4.79 Å². The zero-order valence-corrected chi connectivity index (χ0v) is 14.0. The Morgan fingerprint density at radius 3 is 2.61 bits per heavy atom. The van der Waals surface area contributed by atoms with Gasteiger partial charge in [-0.15, -0.1) is 0 Å². The molecule has 0 aliphatic carbocycles. The highest BCUT2D eigenvalue weighted by Crippen LogP contribution is 2.08. The normalized spacial score (nSPS) is 10.3. The predicted octanol–water partition coefficient (Wildman–Crippen LogP) is 3.61. The molecule has 0 fully saturated rings. The summed E-state index contributed by atoms with van der Waals surface area (Å²) >= 11 is 0. The summed E-state index contributed by atoms with van der Waals surface area (Å²) in [6.07, 6.45) is 4.70. The highest BCUT2D eigenvalue weighted by molar-refractivity contribution is 5.93. The fraction of sp³-hybridized carbons (Fsp3) is 0.368. The van der Waals surface area contributed by atoms with Crippen LogP contribution < -0.4 is 5.32 Å². The number of hydrogen-bond donors (Lipinski definition) is 1. The van der Waals surface area contributed by atoms with Gasteiger partial charge in [-0.25, -0.2) is 4.98 Å². The second kappa shape index (κ2) is 8.93. The van der Waals surface area contributed by atoms with E-state index in [2.05, 4.69) is 29.4 Å². The summed E-state index contributed by atoms with van der Waals surface area (Å²) < 4.78 is 0. The number of amides is 1. The minimum Gasteiger partial charge on any atom is -0.370 e. The third-order valence-corrected chi connectivity index (χ3v) is 3.77. The van der Waals surface area contributed by atoms with Gasteiger partial charge in [-0.1, -0.05) is 43.7 Å². The van der Waals surface area contributed by atoms with Crippen molar-refractivity contribution in [2.45, 2.75) is 26.2 Å². The molecule has 0 atom stereocenters. The molecule has 0 spiro atoms. The quantitative estimate of drug-likeness (QED) is 0.810. The number of unbranched alkanes of at least 4 members (excludes halogenated alkanes) is 1. The summed E-state index contributed by atoms with van der Waals surface area (Å²) in [6, 6.07) is 14.0. The van der Waals surface area contributed by atoms with Crippen LogP contribution >= 0.6 is 0 Å². The number of carbonyl (C=O) groups excluding carboxylic acids is 1. The molecule has 1 amide bonds. The second-order valence-corrected chi connectivity index (χ2v) is 5.67. The van der Waals surface area contributed by atoms with E-state index < -0.39 is 0 Å². The van der Waals surface area contributed by atoms with Gasteiger partial charge in [-0.05, 0) is 30.5 Å². The molecule has 0 radical (unpaired) electrons. The highest BCUT2D eigenvalue weighted by Gasteiger charge is 2.11. The zero-order chi connectivity index (χ0) is 16.5. The summed E-state index contributed by atoms with van der Waals surface area (Å²) in [4.78, 5) is 18.3. The van der Waals surface area contributed by atoms with E-state index in [0.29, 0.717) is 5.56 Å². The number of pyridine rings is 1. The van der Waals surface area contributed by atoms with Crippen molar-refractivity contribution in [2.24, 2.45) is 0 Å². The van der Waals surface area contributed by atoms with E-state index >= 15 is 0 Å². The van der Waals surface area contributed by atoms with Gasteiger partial charge in [-0.2, -0.15) is 0 Å². The maximum atomic E-state index is 12.2. The Morgan fingerprint density at radius 1 is 1.17 bits per heavy atom. The fourth-order valence-corrected chi connectivity index (χ4v) is 2.32. The van der Waals surface area contributed by atoms with E-state index in [0.717, 1.165) is 38.2 Å². The number of carbonyl (C=O) groups is 1. The van der Waals surface area contributed by atoms with E-state index in [-0.39, 0.29) is 5.91 Å². The summed E-state index contributed by atoms with van der Waals surface area (Å²) in [5.74, 6) is 0.829. The van der Waals surface area contributed by atoms with Crippen molar-refractivity contribution in [3.63, 3.8) is 0 Å². The van der Waals surface area contributed by atoms with Crippen molar-refractivity contribution in [1.82, 2.24) is 9.88 Å². The van der Waals surface area contributed by atoms with Gasteiger partial charge in [0.05, 0.1) is 5.56 Å². The van der Waals surface area contributed by atoms with Crippen molar-refractivity contribution in [2.75, 3.05) is 25.5 Å². The molecule has 0 unspecified atom stereocenters. The van der Waals surface area contributed by atoms with Gasteiger partial charge in [0.15, 0.2) is 0 Å². The van der Waals surface area contributed by atoms with E-state index in [4.69, 9.17) is 0 Å². The van der Waals surface area contributed by atoms with Crippen LogP contribution in [-0.4, -0.2) is 35.9 Å². The number of rotatable bonds is 8. The summed E-state index contributed by atoms with van der Waals surface area (Å²) in [5, 5.41) is 3.29. The molecule has 2 aromatic rings. The Kier molecular flexibility index (Phi) is 6.60. The van der Waals surface area contributed by atoms with Crippen LogP contribution in [-0.2, 0) is 6.42 Å². The largest absolute Gasteiger partial charge is 0.370 e. The standard InChI is InChI=1S/C19H25N3O/c1-3-4-14-22(2)19(23)17-10-11-18(21-15-17)20-13-12-16-8-6-5-7-9-16/h5-11,15H,3-4,12-14H2,1-2H3,(H,20,21). The molecule has 1 heterocycles. The first-order valence-corrected chi connectivity index (χ1v) is 8.20. The Bertz CT molecular complexity index is 596. The van der Waals surface area contributed by atoms with Crippen LogP contribution in [0.25, 0.3) is 0 Å². The van der Waals surface area contributed by atoms with Crippen LogP contribution in [0.5, 0.6) is 0 Å². The smallest absolute Gasteiger partial charge is 0.255 e. The highest BCUT2D eigenvalue weighted by atomic mass is 16.2. The van der Waals surface area contributed by atoms with Gasteiger partial charge in [0.25, 0.3) is 5.91 Å². The molecule has 122 valence electrons. The number of nitrogens with one attached hydrogen (secondary N) is 1. The topological polar surface area (TPSA) is 45.2 Å². The maximum Gasteiger partial charge on any atom is 0.255 e. The SMILES string of the molecule is CCCCN(C)C(=O)c1ccc(NCCc2ccccc2)nc1. The maximum absolute atomic E-state index is 12.2. The van der Waals surface area contributed by atoms with Gasteiger partial charge in [0.2, 0.25) is 0 Å². The molecule has 0 saturated heterocycles. The number of benzene rings is 1. The Morgan fingerprint density at radius 2 is 1.96 bits per heavy atom. The van der Waals surface area contributed by atoms with Crippen molar-refractivity contribution in [1.29, 1.82) is 0 Å². The van der Waals surface area contributed by atoms with Crippen molar-refractivity contribution < 1.29 is 4.79 Å². The fourth-order valence-electron chi connectivity index (χ4n) is 2.32. The number of aromatic nitrogens is 1. The van der Waals surface area contributed by atoms with Gasteiger partial charge in [0.1, 0.15) is 5.82 Å². The van der Waals surface area contributed by atoms with Gasteiger partial charge >= 0.3 is 0 Å². The van der Waals surface area contributed by atoms with Crippen LogP contribution in [0.15, 0.2) is 48.7 Å². The van der Waals surface area contributed by atoms with Crippen LogP contribution in [0.1, 0.15) is 35.7 Å². The van der Waals surface area contributed by atoms with E-state index in [1.165, 1.54) is 5.56 Å². The summed E-state index contributed by atoms with van der Waals surface area (Å²) in [5.41, 5.74) is 1.93. The lowest BCUT2D eigenvalue weighted by atomic mass is 10.1. The molecule has 2 rings (SSSR count). The second-order valence-electron chi connectivity index (χ2n) is 5.67. The monoisotopic (exact) mass is 311 g/mol. The number of hydrogen-bond acceptors (Lipinski definition) is 3. The molecule has 0 saturated carbocycles. The first kappa shape index (κ1) is 17.0. The molecule has 1 aromatic carbocycles. The van der Waals surface area contributed by atoms with Crippen LogP contribution in [0.2, 0.25) is 0 Å². The lowest BCUT2D eigenvalue weighted by molar-refractivity contribution is 0.0793. The first-order chi connectivity index (χ1) is 11.2. The molecular weight excluding hydrogens is 286 g/mol. The van der Waals surface area contributed by atoms with Crippen LogP contribution in [0.3, 0.4) is 0 Å². The average molecular weight is 311 g/mol. The van der Waals surface area contributed by atoms with Gasteiger partial charge < -0.3 is 10.2 Å². The summed E-state index contributed by atoms with van der Waals surface area (Å²) in [6.45, 7) is 3.73. The minimum atomic E-state index is 0.0294. The Labute approximate surface area is 138 Å². The zero-order valence-electron chi connectivity index (χ0n) is 14.0. The lowest BCUT2D eigenvalue weighted by Gasteiger charge is -2.16.